The highest BCUT2D eigenvalue weighted by molar-refractivity contribution is 7.89. The number of hydrogen-bond donors (Lipinski definition) is 0. The second kappa shape index (κ2) is 10.0. The number of ether oxygens (including phenoxy) is 3. The summed E-state index contributed by atoms with van der Waals surface area (Å²) in [5, 5.41) is 0. The molecule has 1 aromatic carbocycles. The fourth-order valence-electron chi connectivity index (χ4n) is 3.09. The molecule has 30 heavy (non-hydrogen) atoms. The van der Waals surface area contributed by atoms with Gasteiger partial charge >= 0.3 is 11.9 Å². The molecular formula is C19H26N2O8S. The summed E-state index contributed by atoms with van der Waals surface area (Å²) in [6.45, 7) is 2.99. The predicted molar refractivity (Wildman–Crippen MR) is 105 cm³/mol. The topological polar surface area (TPSA) is 120 Å². The molecule has 0 aliphatic carbocycles. The highest BCUT2D eigenvalue weighted by Crippen LogP contribution is 2.22. The fraction of sp³-hybridized carbons (Fsp3) is 0.526. The van der Waals surface area contributed by atoms with Crippen molar-refractivity contribution < 1.29 is 37.0 Å². The summed E-state index contributed by atoms with van der Waals surface area (Å²) >= 11 is 0. The van der Waals surface area contributed by atoms with E-state index >= 15 is 0 Å². The third-order valence-corrected chi connectivity index (χ3v) is 6.31. The van der Waals surface area contributed by atoms with Crippen molar-refractivity contribution in [1.82, 2.24) is 9.21 Å². The minimum absolute atomic E-state index is 0.0123. The van der Waals surface area contributed by atoms with Crippen LogP contribution in [-0.2, 0) is 33.8 Å². The van der Waals surface area contributed by atoms with Gasteiger partial charge in [-0.15, -0.1) is 0 Å². The first kappa shape index (κ1) is 23.8. The molecule has 0 radical (unpaired) electrons. The maximum atomic E-state index is 13.1. The van der Waals surface area contributed by atoms with Gasteiger partial charge in [0.05, 0.1) is 31.3 Å². The number of sulfonamides is 1. The zero-order valence-electron chi connectivity index (χ0n) is 17.4. The lowest BCUT2D eigenvalue weighted by molar-refractivity contribution is -0.144. The first-order valence-corrected chi connectivity index (χ1v) is 10.7. The van der Waals surface area contributed by atoms with Crippen LogP contribution in [0.3, 0.4) is 0 Å². The van der Waals surface area contributed by atoms with Gasteiger partial charge in [-0.1, -0.05) is 6.07 Å². The molecule has 1 heterocycles. The standard InChI is InChI=1S/C19H26N2O8S/c1-13-9-21(10-14(2)29-13)30(25,26)16-7-5-6-15(8-16)19(24)20(11-17(22)27-3)12-18(23)28-4/h5-8,13-14H,9-12H2,1-4H3. The van der Waals surface area contributed by atoms with Crippen molar-refractivity contribution in [3.05, 3.63) is 29.8 Å². The Balaban J connectivity index is 2.32. The quantitative estimate of drug-likeness (QED) is 0.552. The molecule has 0 aromatic heterocycles. The normalized spacial score (nSPS) is 19.7. The molecule has 1 saturated heterocycles. The number of carbonyl (C=O) groups is 3. The van der Waals surface area contributed by atoms with E-state index in [2.05, 4.69) is 9.47 Å². The lowest BCUT2D eigenvalue weighted by Gasteiger charge is -2.34. The number of rotatable bonds is 7. The van der Waals surface area contributed by atoms with E-state index in [4.69, 9.17) is 4.74 Å². The third-order valence-electron chi connectivity index (χ3n) is 4.49. The molecule has 2 unspecified atom stereocenters. The van der Waals surface area contributed by atoms with Crippen LogP contribution in [0, 0.1) is 0 Å². The Bertz CT molecular complexity index is 874. The number of amides is 1. The summed E-state index contributed by atoms with van der Waals surface area (Å²) < 4.78 is 42.2. The van der Waals surface area contributed by atoms with Crippen molar-refractivity contribution in [1.29, 1.82) is 0 Å². The Kier molecular flexibility index (Phi) is 7.93. The van der Waals surface area contributed by atoms with Crippen LogP contribution in [-0.4, -0.2) is 88.1 Å². The van der Waals surface area contributed by atoms with Crippen LogP contribution in [0.2, 0.25) is 0 Å². The van der Waals surface area contributed by atoms with Gasteiger partial charge in [-0.3, -0.25) is 14.4 Å². The number of hydrogen-bond acceptors (Lipinski definition) is 8. The molecule has 2 rings (SSSR count). The molecule has 0 spiro atoms. The number of carbonyl (C=O) groups excluding carboxylic acids is 3. The molecule has 0 bridgehead atoms. The fourth-order valence-corrected chi connectivity index (χ4v) is 4.73. The van der Waals surface area contributed by atoms with E-state index < -0.39 is 41.0 Å². The number of nitrogens with zero attached hydrogens (tertiary/aromatic N) is 2. The molecule has 0 N–H and O–H groups in total. The Morgan fingerprint density at radius 1 is 1.07 bits per heavy atom. The van der Waals surface area contributed by atoms with Crippen LogP contribution in [0.15, 0.2) is 29.2 Å². The van der Waals surface area contributed by atoms with Crippen LogP contribution >= 0.6 is 0 Å². The average molecular weight is 442 g/mol. The van der Waals surface area contributed by atoms with E-state index in [1.807, 2.05) is 0 Å². The molecule has 1 aromatic rings. The van der Waals surface area contributed by atoms with Gasteiger partial charge in [0.25, 0.3) is 5.91 Å². The molecule has 0 saturated carbocycles. The van der Waals surface area contributed by atoms with Gasteiger partial charge in [-0.2, -0.15) is 4.31 Å². The van der Waals surface area contributed by atoms with Crippen molar-refractivity contribution in [2.75, 3.05) is 40.4 Å². The van der Waals surface area contributed by atoms with Gasteiger partial charge in [0.15, 0.2) is 0 Å². The van der Waals surface area contributed by atoms with Crippen molar-refractivity contribution in [2.24, 2.45) is 0 Å². The van der Waals surface area contributed by atoms with Crippen LogP contribution in [0.5, 0.6) is 0 Å². The average Bonchev–Trinajstić information content (AvgIpc) is 2.71. The van der Waals surface area contributed by atoms with Crippen LogP contribution in [0.1, 0.15) is 24.2 Å². The summed E-state index contributed by atoms with van der Waals surface area (Å²) in [6, 6.07) is 5.46. The van der Waals surface area contributed by atoms with E-state index in [-0.39, 0.29) is 35.8 Å². The zero-order valence-corrected chi connectivity index (χ0v) is 18.2. The first-order chi connectivity index (χ1) is 14.1. The molecule has 166 valence electrons. The molecule has 11 heteroatoms. The first-order valence-electron chi connectivity index (χ1n) is 9.27. The smallest absolute Gasteiger partial charge is 0.325 e. The molecular weight excluding hydrogens is 416 g/mol. The number of methoxy groups -OCH3 is 2. The van der Waals surface area contributed by atoms with Crippen molar-refractivity contribution in [3.63, 3.8) is 0 Å². The number of benzene rings is 1. The largest absolute Gasteiger partial charge is 0.468 e. The third kappa shape index (κ3) is 5.77. The second-order valence-electron chi connectivity index (χ2n) is 6.92. The molecule has 1 aliphatic rings. The molecule has 1 aliphatic heterocycles. The highest BCUT2D eigenvalue weighted by atomic mass is 32.2. The molecule has 1 amide bonds. The summed E-state index contributed by atoms with van der Waals surface area (Å²) in [5.74, 6) is -2.16. The maximum Gasteiger partial charge on any atom is 0.325 e. The summed E-state index contributed by atoms with van der Waals surface area (Å²) in [5.41, 5.74) is 0.0123. The van der Waals surface area contributed by atoms with Crippen molar-refractivity contribution >= 4 is 27.9 Å². The lowest BCUT2D eigenvalue weighted by Crippen LogP contribution is -2.48. The van der Waals surface area contributed by atoms with Gasteiger partial charge < -0.3 is 19.1 Å². The van der Waals surface area contributed by atoms with E-state index in [1.165, 1.54) is 28.6 Å². The van der Waals surface area contributed by atoms with Gasteiger partial charge in [0.1, 0.15) is 13.1 Å². The van der Waals surface area contributed by atoms with Gasteiger partial charge in [-0.05, 0) is 32.0 Å². The van der Waals surface area contributed by atoms with E-state index in [1.54, 1.807) is 13.8 Å². The Morgan fingerprint density at radius 3 is 2.10 bits per heavy atom. The maximum absolute atomic E-state index is 13.1. The Morgan fingerprint density at radius 2 is 1.60 bits per heavy atom. The predicted octanol–water partition coefficient (Wildman–Crippen LogP) is 0.273. The minimum atomic E-state index is -3.87. The summed E-state index contributed by atoms with van der Waals surface area (Å²) in [4.78, 5) is 37.0. The molecule has 1 fully saturated rings. The molecule has 2 atom stereocenters. The second-order valence-corrected chi connectivity index (χ2v) is 8.86. The monoisotopic (exact) mass is 442 g/mol. The Labute approximate surface area is 175 Å². The van der Waals surface area contributed by atoms with Crippen molar-refractivity contribution in [3.8, 4) is 0 Å². The number of esters is 2. The van der Waals surface area contributed by atoms with Crippen LogP contribution in [0.4, 0.5) is 0 Å². The van der Waals surface area contributed by atoms with Crippen molar-refractivity contribution in [2.45, 2.75) is 31.0 Å². The molecule has 10 nitrogen and oxygen atoms in total. The summed E-state index contributed by atoms with van der Waals surface area (Å²) in [7, 11) is -1.56. The van der Waals surface area contributed by atoms with Crippen LogP contribution < -0.4 is 0 Å². The minimum Gasteiger partial charge on any atom is -0.468 e. The van der Waals surface area contributed by atoms with Gasteiger partial charge in [-0.25, -0.2) is 8.42 Å². The lowest BCUT2D eigenvalue weighted by atomic mass is 10.2. The van der Waals surface area contributed by atoms with E-state index in [0.29, 0.717) is 0 Å². The summed E-state index contributed by atoms with van der Waals surface area (Å²) in [6.07, 6.45) is -0.520. The zero-order chi connectivity index (χ0) is 22.5. The van der Waals surface area contributed by atoms with Gasteiger partial charge in [0.2, 0.25) is 10.0 Å². The van der Waals surface area contributed by atoms with Crippen LogP contribution in [0.25, 0.3) is 0 Å². The number of morpholine rings is 1. The Hall–Kier alpha value is -2.50. The van der Waals surface area contributed by atoms with Gasteiger partial charge in [0, 0.05) is 18.7 Å². The van der Waals surface area contributed by atoms with E-state index in [0.717, 1.165) is 19.1 Å². The highest BCUT2D eigenvalue weighted by Gasteiger charge is 2.33. The SMILES string of the molecule is COC(=O)CN(CC(=O)OC)C(=O)c1cccc(S(=O)(=O)N2CC(C)OC(C)C2)c1. The van der Waals surface area contributed by atoms with E-state index in [9.17, 15) is 22.8 Å².